The number of rotatable bonds is 9. The second-order valence-electron chi connectivity index (χ2n) is 11.6. The molecule has 3 aromatic rings. The zero-order valence-electron chi connectivity index (χ0n) is 23.7. The molecule has 1 saturated heterocycles. The Morgan fingerprint density at radius 2 is 1.93 bits per heavy atom. The largest absolute Gasteiger partial charge is 0.462 e. The van der Waals surface area contributed by atoms with Crippen LogP contribution in [0.2, 0.25) is 5.02 Å². The molecule has 9 nitrogen and oxygen atoms in total. The van der Waals surface area contributed by atoms with Gasteiger partial charge in [0.2, 0.25) is 0 Å². The number of fused-ring (bicyclic) bond motifs is 2. The van der Waals surface area contributed by atoms with Crippen molar-refractivity contribution in [3.63, 3.8) is 0 Å². The molecule has 0 unspecified atom stereocenters. The average molecular weight is 600 g/mol. The van der Waals surface area contributed by atoms with Crippen molar-refractivity contribution in [2.24, 2.45) is 0 Å². The van der Waals surface area contributed by atoms with Crippen molar-refractivity contribution in [1.82, 2.24) is 14.9 Å². The number of anilines is 2. The number of benzene rings is 2. The molecular weight excluding hydrogens is 562 g/mol. The SMILES string of the molecule is CN1CCC[C@H]1COc1nc2c(c(N(C)[C@H]3C[C@H](S(=O)(=O)CCO)C3)n1)CCN(c1cccc3cccc(Cl)c13)C2. The van der Waals surface area contributed by atoms with E-state index in [1.807, 2.05) is 19.2 Å². The van der Waals surface area contributed by atoms with E-state index in [0.29, 0.717) is 38.0 Å². The average Bonchev–Trinajstić information content (AvgIpc) is 3.34. The van der Waals surface area contributed by atoms with Crippen LogP contribution in [0.5, 0.6) is 6.01 Å². The summed E-state index contributed by atoms with van der Waals surface area (Å²) in [5.74, 6) is 0.641. The first-order valence-electron chi connectivity index (χ1n) is 14.5. The highest BCUT2D eigenvalue weighted by Crippen LogP contribution is 2.39. The predicted octanol–water partition coefficient (Wildman–Crippen LogP) is 3.69. The first kappa shape index (κ1) is 28.5. The van der Waals surface area contributed by atoms with Gasteiger partial charge in [0.1, 0.15) is 12.4 Å². The van der Waals surface area contributed by atoms with Gasteiger partial charge in [0.25, 0.3) is 0 Å². The van der Waals surface area contributed by atoms with Crippen molar-refractivity contribution >= 4 is 43.7 Å². The molecule has 0 spiro atoms. The van der Waals surface area contributed by atoms with Crippen molar-refractivity contribution in [3.05, 3.63) is 52.7 Å². The van der Waals surface area contributed by atoms with Gasteiger partial charge in [-0.3, -0.25) is 0 Å². The summed E-state index contributed by atoms with van der Waals surface area (Å²) in [6.07, 6.45) is 4.06. The lowest BCUT2D eigenvalue weighted by Crippen LogP contribution is -2.50. The molecule has 1 aliphatic carbocycles. The summed E-state index contributed by atoms with van der Waals surface area (Å²) in [6, 6.07) is 13.0. The number of likely N-dealkylation sites (tertiary alicyclic amines) is 1. The molecule has 41 heavy (non-hydrogen) atoms. The standard InChI is InChI=1S/C30H38ClN5O4S/c1-34-12-5-8-21(34)19-40-30-32-26-18-36(27-10-4-7-20-6-3-9-25(31)28(20)27)13-11-24(26)29(33-30)35(2)22-16-23(17-22)41(38,39)15-14-37/h3-4,6-7,9-10,21-23,37H,5,8,11-19H2,1-2H3/t21-,22-,23-/m0/s1. The minimum absolute atomic E-state index is 0.0520. The summed E-state index contributed by atoms with van der Waals surface area (Å²) < 4.78 is 31.2. The molecule has 1 aromatic heterocycles. The normalized spacial score (nSPS) is 22.9. The third kappa shape index (κ3) is 5.59. The van der Waals surface area contributed by atoms with E-state index < -0.39 is 15.1 Å². The second kappa shape index (κ2) is 11.6. The number of hydrogen-bond acceptors (Lipinski definition) is 9. The number of hydrogen-bond donors (Lipinski definition) is 1. The van der Waals surface area contributed by atoms with Gasteiger partial charge in [0, 0.05) is 42.3 Å². The Hall–Kier alpha value is -2.66. The van der Waals surface area contributed by atoms with E-state index >= 15 is 0 Å². The summed E-state index contributed by atoms with van der Waals surface area (Å²) in [5, 5.41) is 11.6. The van der Waals surface area contributed by atoms with Crippen LogP contribution in [0.1, 0.15) is 36.9 Å². The van der Waals surface area contributed by atoms with Crippen LogP contribution >= 0.6 is 11.6 Å². The predicted molar refractivity (Wildman–Crippen MR) is 163 cm³/mol. The smallest absolute Gasteiger partial charge is 0.318 e. The Kier molecular flexibility index (Phi) is 8.02. The third-order valence-corrected chi connectivity index (χ3v) is 11.6. The van der Waals surface area contributed by atoms with E-state index in [9.17, 15) is 13.5 Å². The van der Waals surface area contributed by atoms with E-state index in [4.69, 9.17) is 26.3 Å². The Morgan fingerprint density at radius 3 is 2.66 bits per heavy atom. The third-order valence-electron chi connectivity index (χ3n) is 9.11. The molecule has 11 heteroatoms. The van der Waals surface area contributed by atoms with Gasteiger partial charge in [0.05, 0.1) is 34.9 Å². The van der Waals surface area contributed by atoms with E-state index in [1.54, 1.807) is 0 Å². The van der Waals surface area contributed by atoms with Gasteiger partial charge in [-0.1, -0.05) is 35.9 Å². The minimum Gasteiger partial charge on any atom is -0.462 e. The van der Waals surface area contributed by atoms with E-state index in [1.165, 1.54) is 0 Å². The van der Waals surface area contributed by atoms with Gasteiger partial charge in [-0.05, 0) is 63.2 Å². The second-order valence-corrected chi connectivity index (χ2v) is 14.4. The number of halogens is 1. The van der Waals surface area contributed by atoms with Crippen LogP contribution in [0.4, 0.5) is 11.5 Å². The minimum atomic E-state index is -3.29. The lowest BCUT2D eigenvalue weighted by Gasteiger charge is -2.42. The highest BCUT2D eigenvalue weighted by Gasteiger charge is 2.41. The molecule has 2 aromatic carbocycles. The molecule has 3 heterocycles. The van der Waals surface area contributed by atoms with Gasteiger partial charge in [-0.2, -0.15) is 9.97 Å². The molecular formula is C30H38ClN5O4S. The molecule has 0 radical (unpaired) electrons. The number of nitrogens with zero attached hydrogens (tertiary/aromatic N) is 5. The van der Waals surface area contributed by atoms with Crippen LogP contribution < -0.4 is 14.5 Å². The Morgan fingerprint density at radius 1 is 1.15 bits per heavy atom. The molecule has 3 aliphatic rings. The summed E-state index contributed by atoms with van der Waals surface area (Å²) in [5.41, 5.74) is 3.09. The maximum Gasteiger partial charge on any atom is 0.318 e. The van der Waals surface area contributed by atoms with Crippen molar-refractivity contribution < 1.29 is 18.3 Å². The van der Waals surface area contributed by atoms with E-state index in [-0.39, 0.29) is 18.4 Å². The fourth-order valence-electron chi connectivity index (χ4n) is 6.46. The molecule has 2 aliphatic heterocycles. The quantitative estimate of drug-likeness (QED) is 0.395. The fraction of sp³-hybridized carbons (Fsp3) is 0.533. The zero-order valence-corrected chi connectivity index (χ0v) is 25.2. The molecule has 1 atom stereocenters. The topological polar surface area (TPSA) is 99.1 Å². The molecule has 220 valence electrons. The Bertz CT molecular complexity index is 1530. The maximum atomic E-state index is 12.5. The van der Waals surface area contributed by atoms with Gasteiger partial charge >= 0.3 is 6.01 Å². The summed E-state index contributed by atoms with van der Waals surface area (Å²) in [6.45, 7) is 2.64. The number of likely N-dealkylation sites (N-methyl/N-ethyl adjacent to an activating group) is 1. The lowest BCUT2D eigenvalue weighted by molar-refractivity contribution is 0.187. The number of aromatic nitrogens is 2. The number of sulfone groups is 1. The Balaban J connectivity index is 1.30. The molecule has 6 rings (SSSR count). The summed E-state index contributed by atoms with van der Waals surface area (Å²) >= 11 is 6.67. The Labute approximate surface area is 247 Å². The number of ether oxygens (including phenoxy) is 1. The molecule has 0 bridgehead atoms. The van der Waals surface area contributed by atoms with Crippen LogP contribution in [-0.2, 0) is 22.8 Å². The molecule has 1 saturated carbocycles. The van der Waals surface area contributed by atoms with E-state index in [2.05, 4.69) is 46.0 Å². The van der Waals surface area contributed by atoms with Crippen LogP contribution in [-0.4, -0.2) is 91.9 Å². The summed E-state index contributed by atoms with van der Waals surface area (Å²) in [4.78, 5) is 16.6. The van der Waals surface area contributed by atoms with Crippen LogP contribution in [0.15, 0.2) is 36.4 Å². The fourth-order valence-corrected chi connectivity index (χ4v) is 8.36. The summed E-state index contributed by atoms with van der Waals surface area (Å²) in [7, 11) is 0.831. The van der Waals surface area contributed by atoms with Crippen LogP contribution in [0.3, 0.4) is 0 Å². The number of aliphatic hydroxyl groups excluding tert-OH is 1. The zero-order chi connectivity index (χ0) is 28.7. The van der Waals surface area contributed by atoms with Crippen molar-refractivity contribution in [2.45, 2.75) is 56.0 Å². The first-order valence-corrected chi connectivity index (χ1v) is 16.5. The first-order chi connectivity index (χ1) is 19.7. The van der Waals surface area contributed by atoms with Crippen molar-refractivity contribution in [1.29, 1.82) is 0 Å². The molecule has 0 amide bonds. The van der Waals surface area contributed by atoms with Gasteiger partial charge in [0.15, 0.2) is 9.84 Å². The maximum absolute atomic E-state index is 12.5. The number of aliphatic hydroxyl groups is 1. The monoisotopic (exact) mass is 599 g/mol. The molecule has 1 N–H and O–H groups in total. The van der Waals surface area contributed by atoms with Crippen LogP contribution in [0, 0.1) is 0 Å². The lowest BCUT2D eigenvalue weighted by atomic mass is 9.90. The van der Waals surface area contributed by atoms with Gasteiger partial charge in [-0.25, -0.2) is 8.42 Å². The highest BCUT2D eigenvalue weighted by atomic mass is 35.5. The highest BCUT2D eigenvalue weighted by molar-refractivity contribution is 7.92. The van der Waals surface area contributed by atoms with E-state index in [0.717, 1.165) is 70.9 Å². The van der Waals surface area contributed by atoms with Gasteiger partial charge < -0.3 is 24.5 Å². The van der Waals surface area contributed by atoms with Crippen LogP contribution in [0.25, 0.3) is 10.8 Å². The van der Waals surface area contributed by atoms with Gasteiger partial charge in [-0.15, -0.1) is 0 Å². The van der Waals surface area contributed by atoms with Crippen molar-refractivity contribution in [3.8, 4) is 6.01 Å². The van der Waals surface area contributed by atoms with Crippen molar-refractivity contribution in [2.75, 3.05) is 56.0 Å². The molecule has 2 fully saturated rings.